The number of hydrogen-bond acceptors (Lipinski definition) is 6. The number of carbonyl (C=O) groups is 1. The van der Waals surface area contributed by atoms with Gasteiger partial charge in [0, 0.05) is 0 Å². The molecule has 0 atom stereocenters. The summed E-state index contributed by atoms with van der Waals surface area (Å²) in [6, 6.07) is 5.41. The molecule has 1 N–H and O–H groups in total. The maximum Gasteiger partial charge on any atom is 0.393 e. The van der Waals surface area contributed by atoms with Gasteiger partial charge < -0.3 is 19.0 Å². The Morgan fingerprint density at radius 3 is 2.89 bits per heavy atom. The van der Waals surface area contributed by atoms with Gasteiger partial charge in [-0.3, -0.25) is 0 Å². The molecule has 1 aromatic heterocycles. The van der Waals surface area contributed by atoms with Crippen molar-refractivity contribution in [2.45, 2.75) is 6.42 Å². The molecular weight excluding hydrogens is 240 g/mol. The van der Waals surface area contributed by atoms with Crippen molar-refractivity contribution in [2.75, 3.05) is 6.79 Å². The standard InChI is InChI=1S/C11H8N2O5/c14-11(15)10-13-12-9(18-10)4-6-1-2-7-8(3-6)17-5-16-7/h1-3H,4-5H2,(H,14,15). The van der Waals surface area contributed by atoms with Crippen molar-refractivity contribution in [2.24, 2.45) is 0 Å². The van der Waals surface area contributed by atoms with E-state index in [-0.39, 0.29) is 12.7 Å². The number of ether oxygens (including phenoxy) is 2. The van der Waals surface area contributed by atoms with Crippen LogP contribution in [0.4, 0.5) is 0 Å². The summed E-state index contributed by atoms with van der Waals surface area (Å²) >= 11 is 0. The molecule has 18 heavy (non-hydrogen) atoms. The second-order valence-corrected chi connectivity index (χ2v) is 3.67. The Morgan fingerprint density at radius 2 is 2.11 bits per heavy atom. The van der Waals surface area contributed by atoms with E-state index in [2.05, 4.69) is 10.2 Å². The molecule has 2 aromatic rings. The Morgan fingerprint density at radius 1 is 1.28 bits per heavy atom. The van der Waals surface area contributed by atoms with Crippen LogP contribution in [0.2, 0.25) is 0 Å². The van der Waals surface area contributed by atoms with Crippen LogP contribution in [0.5, 0.6) is 11.5 Å². The number of aromatic carboxylic acids is 1. The average molecular weight is 248 g/mol. The zero-order chi connectivity index (χ0) is 12.5. The largest absolute Gasteiger partial charge is 0.474 e. The van der Waals surface area contributed by atoms with E-state index in [1.165, 1.54) is 0 Å². The Bertz CT molecular complexity index is 607. The summed E-state index contributed by atoms with van der Waals surface area (Å²) in [6.07, 6.45) is 0.344. The molecule has 0 bridgehead atoms. The minimum Gasteiger partial charge on any atom is -0.474 e. The molecule has 1 aliphatic heterocycles. The summed E-state index contributed by atoms with van der Waals surface area (Å²) in [5.41, 5.74) is 0.875. The number of rotatable bonds is 3. The molecule has 0 saturated heterocycles. The first kappa shape index (κ1) is 10.6. The van der Waals surface area contributed by atoms with E-state index in [1.54, 1.807) is 12.1 Å². The fraction of sp³-hybridized carbons (Fsp3) is 0.182. The Kier molecular flexibility index (Phi) is 2.36. The smallest absolute Gasteiger partial charge is 0.393 e. The highest BCUT2D eigenvalue weighted by Gasteiger charge is 2.16. The van der Waals surface area contributed by atoms with Gasteiger partial charge in [0.2, 0.25) is 12.7 Å². The summed E-state index contributed by atoms with van der Waals surface area (Å²) < 4.78 is 15.4. The maximum absolute atomic E-state index is 10.6. The van der Waals surface area contributed by atoms with Crippen molar-refractivity contribution < 1.29 is 23.8 Å². The van der Waals surface area contributed by atoms with Crippen molar-refractivity contribution in [1.29, 1.82) is 0 Å². The topological polar surface area (TPSA) is 94.7 Å². The Balaban J connectivity index is 1.81. The summed E-state index contributed by atoms with van der Waals surface area (Å²) in [6.45, 7) is 0.211. The van der Waals surface area contributed by atoms with Crippen molar-refractivity contribution in [1.82, 2.24) is 10.2 Å². The molecule has 0 aliphatic carbocycles. The third-order valence-electron chi connectivity index (χ3n) is 2.44. The van der Waals surface area contributed by atoms with Crippen molar-refractivity contribution >= 4 is 5.97 Å². The van der Waals surface area contributed by atoms with Gasteiger partial charge in [-0.15, -0.1) is 10.2 Å². The van der Waals surface area contributed by atoms with Crippen LogP contribution in [0.1, 0.15) is 22.1 Å². The second-order valence-electron chi connectivity index (χ2n) is 3.67. The molecule has 2 heterocycles. The van der Waals surface area contributed by atoms with Crippen LogP contribution in [-0.4, -0.2) is 28.1 Å². The van der Waals surface area contributed by atoms with E-state index in [0.717, 1.165) is 5.56 Å². The fourth-order valence-corrected chi connectivity index (χ4v) is 1.64. The van der Waals surface area contributed by atoms with Gasteiger partial charge in [0.15, 0.2) is 11.5 Å². The first-order chi connectivity index (χ1) is 8.72. The van der Waals surface area contributed by atoms with E-state index in [4.69, 9.17) is 19.0 Å². The summed E-state index contributed by atoms with van der Waals surface area (Å²) in [7, 11) is 0. The molecule has 7 heteroatoms. The van der Waals surface area contributed by atoms with E-state index < -0.39 is 11.9 Å². The van der Waals surface area contributed by atoms with Crippen LogP contribution in [0.15, 0.2) is 22.6 Å². The quantitative estimate of drug-likeness (QED) is 0.868. The molecule has 0 unspecified atom stereocenters. The van der Waals surface area contributed by atoms with Crippen LogP contribution >= 0.6 is 0 Å². The predicted molar refractivity (Wildman–Crippen MR) is 56.6 cm³/mol. The van der Waals surface area contributed by atoms with Gasteiger partial charge in [0.05, 0.1) is 6.42 Å². The van der Waals surface area contributed by atoms with Gasteiger partial charge >= 0.3 is 11.9 Å². The molecule has 0 radical (unpaired) electrons. The predicted octanol–water partition coefficient (Wildman–Crippen LogP) is 1.09. The molecule has 0 spiro atoms. The third-order valence-corrected chi connectivity index (χ3v) is 2.44. The summed E-state index contributed by atoms with van der Waals surface area (Å²) in [5.74, 6) is -0.0579. The number of aromatic nitrogens is 2. The molecule has 0 saturated carbocycles. The monoisotopic (exact) mass is 248 g/mol. The average Bonchev–Trinajstić information content (AvgIpc) is 2.96. The molecule has 1 aliphatic rings. The number of carboxylic acids is 1. The second kappa shape index (κ2) is 4.02. The Labute approximate surface area is 101 Å². The van der Waals surface area contributed by atoms with Crippen LogP contribution in [0.3, 0.4) is 0 Å². The van der Waals surface area contributed by atoms with Crippen LogP contribution in [-0.2, 0) is 6.42 Å². The van der Waals surface area contributed by atoms with Gasteiger partial charge in [-0.05, 0) is 17.7 Å². The van der Waals surface area contributed by atoms with Crippen molar-refractivity contribution in [3.05, 3.63) is 35.5 Å². The lowest BCUT2D eigenvalue weighted by Gasteiger charge is -1.99. The van der Waals surface area contributed by atoms with E-state index in [0.29, 0.717) is 17.9 Å². The lowest BCUT2D eigenvalue weighted by atomic mass is 10.1. The zero-order valence-electron chi connectivity index (χ0n) is 9.12. The van der Waals surface area contributed by atoms with Gasteiger partial charge in [-0.1, -0.05) is 6.07 Å². The maximum atomic E-state index is 10.6. The molecule has 92 valence electrons. The highest BCUT2D eigenvalue weighted by molar-refractivity contribution is 5.81. The highest BCUT2D eigenvalue weighted by Crippen LogP contribution is 2.32. The van der Waals surface area contributed by atoms with E-state index in [9.17, 15) is 4.79 Å². The van der Waals surface area contributed by atoms with Gasteiger partial charge in [0.25, 0.3) is 0 Å². The number of carboxylic acid groups (broad SMARTS) is 1. The van der Waals surface area contributed by atoms with Gasteiger partial charge in [-0.2, -0.15) is 0 Å². The molecule has 0 fully saturated rings. The zero-order valence-corrected chi connectivity index (χ0v) is 9.12. The molecule has 0 amide bonds. The molecular formula is C11H8N2O5. The van der Waals surface area contributed by atoms with Gasteiger partial charge in [-0.25, -0.2) is 4.79 Å². The number of hydrogen-bond donors (Lipinski definition) is 1. The minimum absolute atomic E-state index is 0.211. The first-order valence-corrected chi connectivity index (χ1v) is 5.16. The summed E-state index contributed by atoms with van der Waals surface area (Å²) in [4.78, 5) is 10.6. The number of benzene rings is 1. The van der Waals surface area contributed by atoms with Crippen molar-refractivity contribution in [3.63, 3.8) is 0 Å². The van der Waals surface area contributed by atoms with E-state index >= 15 is 0 Å². The van der Waals surface area contributed by atoms with Crippen LogP contribution in [0, 0.1) is 0 Å². The number of nitrogens with zero attached hydrogens (tertiary/aromatic N) is 2. The van der Waals surface area contributed by atoms with E-state index in [1.807, 2.05) is 6.07 Å². The molecule has 7 nitrogen and oxygen atoms in total. The van der Waals surface area contributed by atoms with Crippen LogP contribution in [0.25, 0.3) is 0 Å². The molecule has 3 rings (SSSR count). The number of fused-ring (bicyclic) bond motifs is 1. The lowest BCUT2D eigenvalue weighted by Crippen LogP contribution is -1.95. The normalized spacial score (nSPS) is 12.7. The SMILES string of the molecule is O=C(O)c1nnc(Cc2ccc3c(c2)OCO3)o1. The minimum atomic E-state index is -1.24. The summed E-state index contributed by atoms with van der Waals surface area (Å²) in [5, 5.41) is 15.7. The van der Waals surface area contributed by atoms with Crippen LogP contribution < -0.4 is 9.47 Å². The van der Waals surface area contributed by atoms with Gasteiger partial charge in [0.1, 0.15) is 0 Å². The highest BCUT2D eigenvalue weighted by atomic mass is 16.7. The fourth-order valence-electron chi connectivity index (χ4n) is 1.64. The first-order valence-electron chi connectivity index (χ1n) is 5.16. The lowest BCUT2D eigenvalue weighted by molar-refractivity contribution is 0.0651. The van der Waals surface area contributed by atoms with Crippen molar-refractivity contribution in [3.8, 4) is 11.5 Å². The molecule has 1 aromatic carbocycles. The third kappa shape index (κ3) is 1.86. The Hall–Kier alpha value is -2.57.